The molecule has 4 rings (SSSR count). The number of ether oxygens (including phenoxy) is 1. The summed E-state index contributed by atoms with van der Waals surface area (Å²) in [7, 11) is 0. The minimum atomic E-state index is -0.519. The Labute approximate surface area is 156 Å². The molecule has 1 aromatic heterocycles. The lowest BCUT2D eigenvalue weighted by Crippen LogP contribution is -2.35. The highest BCUT2D eigenvalue weighted by Gasteiger charge is 2.18. The van der Waals surface area contributed by atoms with Gasteiger partial charge in [-0.1, -0.05) is 43.2 Å². The summed E-state index contributed by atoms with van der Waals surface area (Å²) in [6, 6.07) is 15.1. The van der Waals surface area contributed by atoms with Gasteiger partial charge in [0, 0.05) is 11.6 Å². The molecule has 2 aromatic carbocycles. The second-order valence-electron chi connectivity index (χ2n) is 6.81. The van der Waals surface area contributed by atoms with Crippen LogP contribution in [0.5, 0.6) is 0 Å². The lowest BCUT2D eigenvalue weighted by molar-refractivity contribution is -0.124. The van der Waals surface area contributed by atoms with Crippen molar-refractivity contribution in [2.45, 2.75) is 31.7 Å². The first-order valence-corrected chi connectivity index (χ1v) is 9.21. The van der Waals surface area contributed by atoms with Gasteiger partial charge in [-0.3, -0.25) is 4.79 Å². The van der Waals surface area contributed by atoms with Crippen molar-refractivity contribution in [1.29, 1.82) is 0 Å². The van der Waals surface area contributed by atoms with E-state index in [4.69, 9.17) is 4.74 Å². The standard InChI is InChI=1S/C21H21N3O3/c25-19(22-16-8-4-5-9-16)13-27-21(26)15-10-11-17-18(12-15)24-20(23-17)14-6-2-1-3-7-14/h1-3,6-7,10-12,16H,4-5,8-9,13H2,(H,22,25)(H,23,24). The molecule has 6 nitrogen and oxygen atoms in total. The number of benzene rings is 2. The fourth-order valence-corrected chi connectivity index (χ4v) is 3.42. The van der Waals surface area contributed by atoms with Gasteiger partial charge in [0.1, 0.15) is 5.82 Å². The van der Waals surface area contributed by atoms with Crippen molar-refractivity contribution in [3.63, 3.8) is 0 Å². The Morgan fingerprint density at radius 1 is 1.11 bits per heavy atom. The highest BCUT2D eigenvalue weighted by molar-refractivity contribution is 5.95. The molecule has 6 heteroatoms. The first-order valence-electron chi connectivity index (χ1n) is 9.21. The first kappa shape index (κ1) is 17.3. The maximum atomic E-state index is 12.3. The Kier molecular flexibility index (Phi) is 4.87. The molecule has 2 N–H and O–H groups in total. The predicted molar refractivity (Wildman–Crippen MR) is 102 cm³/mol. The normalized spacial score (nSPS) is 14.4. The molecule has 138 valence electrons. The molecule has 1 fully saturated rings. The van der Waals surface area contributed by atoms with Crippen LogP contribution in [0.4, 0.5) is 0 Å². The fraction of sp³-hybridized carbons (Fsp3) is 0.286. The van der Waals surface area contributed by atoms with E-state index >= 15 is 0 Å². The van der Waals surface area contributed by atoms with Gasteiger partial charge in [-0.05, 0) is 31.0 Å². The van der Waals surface area contributed by atoms with Crippen LogP contribution < -0.4 is 5.32 Å². The van der Waals surface area contributed by atoms with Crippen LogP contribution in [0.1, 0.15) is 36.0 Å². The quantitative estimate of drug-likeness (QED) is 0.680. The Bertz CT molecular complexity index is 959. The van der Waals surface area contributed by atoms with E-state index in [2.05, 4.69) is 15.3 Å². The highest BCUT2D eigenvalue weighted by atomic mass is 16.5. The number of amides is 1. The van der Waals surface area contributed by atoms with E-state index in [0.717, 1.165) is 48.1 Å². The van der Waals surface area contributed by atoms with Crippen molar-refractivity contribution in [1.82, 2.24) is 15.3 Å². The number of aromatic amines is 1. The van der Waals surface area contributed by atoms with E-state index in [9.17, 15) is 9.59 Å². The van der Waals surface area contributed by atoms with Crippen LogP contribution >= 0.6 is 0 Å². The third-order valence-electron chi connectivity index (χ3n) is 4.82. The topological polar surface area (TPSA) is 84.1 Å². The summed E-state index contributed by atoms with van der Waals surface area (Å²) < 4.78 is 5.16. The van der Waals surface area contributed by atoms with E-state index in [1.807, 2.05) is 30.3 Å². The van der Waals surface area contributed by atoms with E-state index in [1.54, 1.807) is 18.2 Å². The van der Waals surface area contributed by atoms with E-state index in [0.29, 0.717) is 5.56 Å². The molecule has 0 unspecified atom stereocenters. The average molecular weight is 363 g/mol. The van der Waals surface area contributed by atoms with Crippen molar-refractivity contribution in [3.05, 3.63) is 54.1 Å². The zero-order valence-corrected chi connectivity index (χ0v) is 14.9. The van der Waals surface area contributed by atoms with Gasteiger partial charge in [0.25, 0.3) is 5.91 Å². The molecule has 3 aromatic rings. The Balaban J connectivity index is 1.42. The molecule has 1 heterocycles. The SMILES string of the molecule is O=C(COC(=O)c1ccc2nc(-c3ccccc3)[nH]c2c1)NC1CCCC1. The van der Waals surface area contributed by atoms with Crippen molar-refractivity contribution in [3.8, 4) is 11.4 Å². The summed E-state index contributed by atoms with van der Waals surface area (Å²) in [6.07, 6.45) is 4.28. The second kappa shape index (κ2) is 7.61. The number of fused-ring (bicyclic) bond motifs is 1. The molecule has 1 amide bonds. The molecular formula is C21H21N3O3. The molecule has 0 bridgehead atoms. The molecule has 1 aliphatic carbocycles. The van der Waals surface area contributed by atoms with Gasteiger partial charge in [0.05, 0.1) is 16.6 Å². The Hall–Kier alpha value is -3.15. The molecular weight excluding hydrogens is 342 g/mol. The summed E-state index contributed by atoms with van der Waals surface area (Å²) in [5.74, 6) is -0.0226. The summed E-state index contributed by atoms with van der Waals surface area (Å²) in [6.45, 7) is -0.258. The summed E-state index contributed by atoms with van der Waals surface area (Å²) in [4.78, 5) is 31.9. The molecule has 0 aliphatic heterocycles. The van der Waals surface area contributed by atoms with Gasteiger partial charge in [0.15, 0.2) is 6.61 Å². The minimum absolute atomic E-state index is 0.217. The average Bonchev–Trinajstić information content (AvgIpc) is 3.35. The number of aromatic nitrogens is 2. The zero-order valence-electron chi connectivity index (χ0n) is 14.9. The Morgan fingerprint density at radius 2 is 1.89 bits per heavy atom. The zero-order chi connectivity index (χ0) is 18.6. The van der Waals surface area contributed by atoms with Crippen LogP contribution in [0.3, 0.4) is 0 Å². The van der Waals surface area contributed by atoms with Crippen LogP contribution in [0.15, 0.2) is 48.5 Å². The van der Waals surface area contributed by atoms with Gasteiger partial charge < -0.3 is 15.0 Å². The van der Waals surface area contributed by atoms with Crippen LogP contribution in [-0.2, 0) is 9.53 Å². The number of esters is 1. The summed E-state index contributed by atoms with van der Waals surface area (Å²) in [5, 5.41) is 2.90. The number of nitrogens with zero attached hydrogens (tertiary/aromatic N) is 1. The number of carbonyl (C=O) groups is 2. The van der Waals surface area contributed by atoms with Crippen molar-refractivity contribution >= 4 is 22.9 Å². The molecule has 0 saturated heterocycles. The third kappa shape index (κ3) is 4.00. The summed E-state index contributed by atoms with van der Waals surface area (Å²) >= 11 is 0. The molecule has 27 heavy (non-hydrogen) atoms. The van der Waals surface area contributed by atoms with E-state index in [-0.39, 0.29) is 18.6 Å². The largest absolute Gasteiger partial charge is 0.452 e. The lowest BCUT2D eigenvalue weighted by atomic mass is 10.2. The van der Waals surface area contributed by atoms with Crippen LogP contribution in [0.25, 0.3) is 22.4 Å². The van der Waals surface area contributed by atoms with Gasteiger partial charge in [-0.15, -0.1) is 0 Å². The first-order chi connectivity index (χ1) is 13.2. The number of carbonyl (C=O) groups excluding carboxylic acids is 2. The molecule has 0 spiro atoms. The molecule has 1 aliphatic rings. The predicted octanol–water partition coefficient (Wildman–Crippen LogP) is 3.45. The number of imidazole rings is 1. The van der Waals surface area contributed by atoms with Gasteiger partial charge >= 0.3 is 5.97 Å². The van der Waals surface area contributed by atoms with Crippen LogP contribution in [-0.4, -0.2) is 34.5 Å². The molecule has 0 atom stereocenters. The van der Waals surface area contributed by atoms with Crippen molar-refractivity contribution < 1.29 is 14.3 Å². The number of rotatable bonds is 5. The van der Waals surface area contributed by atoms with E-state index in [1.165, 1.54) is 0 Å². The number of nitrogens with one attached hydrogen (secondary N) is 2. The van der Waals surface area contributed by atoms with Crippen molar-refractivity contribution in [2.24, 2.45) is 0 Å². The van der Waals surface area contributed by atoms with Gasteiger partial charge in [-0.2, -0.15) is 0 Å². The van der Waals surface area contributed by atoms with Crippen LogP contribution in [0.2, 0.25) is 0 Å². The lowest BCUT2D eigenvalue weighted by Gasteiger charge is -2.11. The van der Waals surface area contributed by atoms with Gasteiger partial charge in [-0.25, -0.2) is 9.78 Å². The second-order valence-corrected chi connectivity index (χ2v) is 6.81. The minimum Gasteiger partial charge on any atom is -0.452 e. The fourth-order valence-electron chi connectivity index (χ4n) is 3.42. The monoisotopic (exact) mass is 363 g/mol. The maximum absolute atomic E-state index is 12.3. The Morgan fingerprint density at radius 3 is 2.67 bits per heavy atom. The third-order valence-corrected chi connectivity index (χ3v) is 4.82. The highest BCUT2D eigenvalue weighted by Crippen LogP contribution is 2.21. The summed E-state index contributed by atoms with van der Waals surface area (Å²) in [5.41, 5.74) is 2.88. The number of H-pyrrole nitrogens is 1. The maximum Gasteiger partial charge on any atom is 0.338 e. The van der Waals surface area contributed by atoms with Crippen molar-refractivity contribution in [2.75, 3.05) is 6.61 Å². The van der Waals surface area contributed by atoms with E-state index < -0.39 is 5.97 Å². The molecule has 1 saturated carbocycles. The van der Waals surface area contributed by atoms with Crippen LogP contribution in [0, 0.1) is 0 Å². The number of hydrogen-bond donors (Lipinski definition) is 2. The molecule has 0 radical (unpaired) electrons. The van der Waals surface area contributed by atoms with Gasteiger partial charge in [0.2, 0.25) is 0 Å². The smallest absolute Gasteiger partial charge is 0.338 e. The number of hydrogen-bond acceptors (Lipinski definition) is 4.